The highest BCUT2D eigenvalue weighted by Gasteiger charge is 2.34. The summed E-state index contributed by atoms with van der Waals surface area (Å²) in [7, 11) is 0. The Kier molecular flexibility index (Phi) is 7.55. The number of ether oxygens (including phenoxy) is 2. The molecule has 2 aliphatic heterocycles. The van der Waals surface area contributed by atoms with Crippen molar-refractivity contribution < 1.29 is 14.3 Å². The van der Waals surface area contributed by atoms with Gasteiger partial charge in [-0.15, -0.1) is 0 Å². The fourth-order valence-electron chi connectivity index (χ4n) is 5.47. The van der Waals surface area contributed by atoms with Crippen LogP contribution in [0.5, 0.6) is 0 Å². The Bertz CT molecular complexity index is 1160. The minimum atomic E-state index is -0.0498. The minimum Gasteiger partial charge on any atom is -0.379 e. The first kappa shape index (κ1) is 24.7. The van der Waals surface area contributed by atoms with Crippen molar-refractivity contribution in [3.8, 4) is 11.3 Å². The van der Waals surface area contributed by atoms with Gasteiger partial charge in [0.2, 0.25) is 0 Å². The van der Waals surface area contributed by atoms with Crippen LogP contribution in [0.4, 0.5) is 5.69 Å². The van der Waals surface area contributed by atoms with Crippen LogP contribution >= 0.6 is 0 Å². The van der Waals surface area contributed by atoms with E-state index in [0.29, 0.717) is 12.1 Å². The number of morpholine rings is 2. The van der Waals surface area contributed by atoms with E-state index < -0.39 is 0 Å². The second-order valence-corrected chi connectivity index (χ2v) is 9.69. The van der Waals surface area contributed by atoms with Gasteiger partial charge in [-0.3, -0.25) is 14.8 Å². The first-order valence-electron chi connectivity index (χ1n) is 13.2. The van der Waals surface area contributed by atoms with Gasteiger partial charge in [0.25, 0.3) is 5.91 Å². The lowest BCUT2D eigenvalue weighted by molar-refractivity contribution is -0.0254. The Labute approximate surface area is 212 Å². The van der Waals surface area contributed by atoms with Crippen molar-refractivity contribution in [2.45, 2.75) is 32.2 Å². The summed E-state index contributed by atoms with van der Waals surface area (Å²) >= 11 is 0. The Morgan fingerprint density at radius 1 is 0.972 bits per heavy atom. The van der Waals surface area contributed by atoms with E-state index in [1.54, 1.807) is 0 Å². The van der Waals surface area contributed by atoms with Gasteiger partial charge in [0, 0.05) is 60.5 Å². The van der Waals surface area contributed by atoms with E-state index in [1.165, 1.54) is 5.69 Å². The van der Waals surface area contributed by atoms with Crippen LogP contribution in [0.3, 0.4) is 0 Å². The van der Waals surface area contributed by atoms with Crippen LogP contribution in [-0.2, 0) is 9.47 Å². The molecule has 2 fully saturated rings. The lowest BCUT2D eigenvalue weighted by Gasteiger charge is -2.45. The molecule has 1 amide bonds. The maximum Gasteiger partial charge on any atom is 0.251 e. The van der Waals surface area contributed by atoms with E-state index in [9.17, 15) is 4.79 Å². The van der Waals surface area contributed by atoms with Gasteiger partial charge >= 0.3 is 0 Å². The van der Waals surface area contributed by atoms with Crippen molar-refractivity contribution in [1.82, 2.24) is 20.4 Å². The smallest absolute Gasteiger partial charge is 0.251 e. The lowest BCUT2D eigenvalue weighted by atomic mass is 9.89. The third-order valence-corrected chi connectivity index (χ3v) is 7.92. The highest BCUT2D eigenvalue weighted by Crippen LogP contribution is 2.29. The molecule has 2 saturated heterocycles. The van der Waals surface area contributed by atoms with Crippen LogP contribution in [-0.4, -0.2) is 85.7 Å². The fourth-order valence-corrected chi connectivity index (χ4v) is 5.47. The summed E-state index contributed by atoms with van der Waals surface area (Å²) in [6.45, 7) is 11.7. The number of aromatic nitrogens is 2. The number of nitrogens with zero attached hydrogens (tertiary/aromatic N) is 3. The number of rotatable bonds is 8. The molecule has 0 unspecified atom stereocenters. The number of anilines is 1. The molecule has 5 rings (SSSR count). The van der Waals surface area contributed by atoms with Crippen molar-refractivity contribution in [2.75, 3.05) is 64.1 Å². The fraction of sp³-hybridized carbons (Fsp3) is 0.500. The number of H-pyrrole nitrogens is 1. The van der Waals surface area contributed by atoms with E-state index in [2.05, 4.69) is 63.4 Å². The summed E-state index contributed by atoms with van der Waals surface area (Å²) in [5.41, 5.74) is 4.60. The first-order chi connectivity index (χ1) is 17.6. The highest BCUT2D eigenvalue weighted by molar-refractivity contribution is 6.01. The number of aromatic amines is 1. The monoisotopic (exact) mass is 491 g/mol. The van der Waals surface area contributed by atoms with Crippen LogP contribution < -0.4 is 10.2 Å². The standard InChI is InChI=1S/C28H37N5O3/c1-3-28(4-2,33-13-17-36-18-14-33)20-29-27(34)22-7-10-25-24(19-22)26(31-30-25)21-5-8-23(9-6-21)32-11-15-35-16-12-32/h5-10,19H,3-4,11-18,20H2,1-2H3,(H,29,34)(H,30,31). The number of nitrogens with one attached hydrogen (secondary N) is 2. The van der Waals surface area contributed by atoms with Gasteiger partial charge in [-0.1, -0.05) is 26.0 Å². The van der Waals surface area contributed by atoms with E-state index in [0.717, 1.165) is 87.6 Å². The molecule has 3 heterocycles. The van der Waals surface area contributed by atoms with Crippen LogP contribution in [0.25, 0.3) is 22.2 Å². The second kappa shape index (κ2) is 11.0. The molecular weight excluding hydrogens is 454 g/mol. The van der Waals surface area contributed by atoms with Crippen LogP contribution in [0.1, 0.15) is 37.0 Å². The molecule has 8 nitrogen and oxygen atoms in total. The van der Waals surface area contributed by atoms with Gasteiger partial charge < -0.3 is 19.7 Å². The normalized spacial score (nSPS) is 17.4. The number of benzene rings is 2. The number of fused-ring (bicyclic) bond motifs is 1. The van der Waals surface area contributed by atoms with Crippen molar-refractivity contribution in [2.24, 2.45) is 0 Å². The SMILES string of the molecule is CCC(CC)(CNC(=O)c1ccc2[nH]nc(-c3ccc(N4CCOCC4)cc3)c2c1)N1CCOCC1. The zero-order valence-corrected chi connectivity index (χ0v) is 21.4. The second-order valence-electron chi connectivity index (χ2n) is 9.69. The summed E-state index contributed by atoms with van der Waals surface area (Å²) < 4.78 is 11.0. The van der Waals surface area contributed by atoms with Crippen LogP contribution in [0.2, 0.25) is 0 Å². The molecule has 192 valence electrons. The van der Waals surface area contributed by atoms with Crippen molar-refractivity contribution in [1.29, 1.82) is 0 Å². The summed E-state index contributed by atoms with van der Waals surface area (Å²) in [5, 5.41) is 11.9. The average Bonchev–Trinajstić information content (AvgIpc) is 3.38. The molecular formula is C28H37N5O3. The predicted octanol–water partition coefficient (Wildman–Crippen LogP) is 3.69. The Hall–Kier alpha value is -2.94. The molecule has 2 aromatic carbocycles. The van der Waals surface area contributed by atoms with Crippen molar-refractivity contribution in [3.05, 3.63) is 48.0 Å². The van der Waals surface area contributed by atoms with E-state index in [1.807, 2.05) is 18.2 Å². The van der Waals surface area contributed by atoms with Crippen molar-refractivity contribution in [3.63, 3.8) is 0 Å². The van der Waals surface area contributed by atoms with Gasteiger partial charge in [-0.05, 0) is 43.2 Å². The molecule has 0 saturated carbocycles. The number of carbonyl (C=O) groups is 1. The summed E-state index contributed by atoms with van der Waals surface area (Å²) in [6, 6.07) is 14.2. The first-order valence-corrected chi connectivity index (χ1v) is 13.2. The van der Waals surface area contributed by atoms with Gasteiger partial charge in [-0.25, -0.2) is 0 Å². The molecule has 0 bridgehead atoms. The highest BCUT2D eigenvalue weighted by atomic mass is 16.5. The quantitative estimate of drug-likeness (QED) is 0.500. The summed E-state index contributed by atoms with van der Waals surface area (Å²) in [6.07, 6.45) is 1.96. The molecule has 8 heteroatoms. The Balaban J connectivity index is 1.32. The molecule has 2 N–H and O–H groups in total. The topological polar surface area (TPSA) is 82.7 Å². The molecule has 1 aromatic heterocycles. The zero-order chi connectivity index (χ0) is 25.0. The van der Waals surface area contributed by atoms with Crippen LogP contribution in [0.15, 0.2) is 42.5 Å². The molecule has 36 heavy (non-hydrogen) atoms. The number of hydrogen-bond donors (Lipinski definition) is 2. The Morgan fingerprint density at radius 2 is 1.64 bits per heavy atom. The van der Waals surface area contributed by atoms with E-state index in [4.69, 9.17) is 9.47 Å². The van der Waals surface area contributed by atoms with Gasteiger partial charge in [-0.2, -0.15) is 5.10 Å². The molecule has 2 aliphatic rings. The van der Waals surface area contributed by atoms with Gasteiger partial charge in [0.05, 0.1) is 37.6 Å². The maximum absolute atomic E-state index is 13.2. The summed E-state index contributed by atoms with van der Waals surface area (Å²) in [4.78, 5) is 18.1. The van der Waals surface area contributed by atoms with E-state index in [-0.39, 0.29) is 11.4 Å². The van der Waals surface area contributed by atoms with Gasteiger partial charge in [0.1, 0.15) is 0 Å². The third-order valence-electron chi connectivity index (χ3n) is 7.92. The Morgan fingerprint density at radius 3 is 2.31 bits per heavy atom. The summed E-state index contributed by atoms with van der Waals surface area (Å²) in [5.74, 6) is -0.0498. The molecule has 3 aromatic rings. The van der Waals surface area contributed by atoms with Gasteiger partial charge in [0.15, 0.2) is 0 Å². The molecule has 0 spiro atoms. The minimum absolute atomic E-state index is 0.0490. The zero-order valence-electron chi connectivity index (χ0n) is 21.4. The maximum atomic E-state index is 13.2. The van der Waals surface area contributed by atoms with Crippen LogP contribution in [0, 0.1) is 0 Å². The predicted molar refractivity (Wildman–Crippen MR) is 143 cm³/mol. The van der Waals surface area contributed by atoms with E-state index >= 15 is 0 Å². The average molecular weight is 492 g/mol. The molecule has 0 radical (unpaired) electrons. The number of hydrogen-bond acceptors (Lipinski definition) is 6. The number of carbonyl (C=O) groups excluding carboxylic acids is 1. The largest absolute Gasteiger partial charge is 0.379 e. The number of amides is 1. The molecule has 0 aliphatic carbocycles. The lowest BCUT2D eigenvalue weighted by Crippen LogP contribution is -2.58. The third kappa shape index (κ3) is 4.98. The van der Waals surface area contributed by atoms with Crippen molar-refractivity contribution >= 4 is 22.5 Å². The molecule has 0 atom stereocenters.